The predicted octanol–water partition coefficient (Wildman–Crippen LogP) is 6.68. The van der Waals surface area contributed by atoms with Crippen LogP contribution in [0.1, 0.15) is 151 Å². The molecule has 524 valence electrons. The molecule has 2 aromatic carbocycles. The van der Waals surface area contributed by atoms with Crippen LogP contribution in [0.15, 0.2) is 54.6 Å². The van der Waals surface area contributed by atoms with Gasteiger partial charge in [0.05, 0.1) is 54.2 Å². The van der Waals surface area contributed by atoms with E-state index in [0.717, 1.165) is 10.5 Å². The van der Waals surface area contributed by atoms with Gasteiger partial charge in [0.15, 0.2) is 11.6 Å². The molecular formula is C69H107N9O15S. The van der Waals surface area contributed by atoms with Crippen molar-refractivity contribution in [1.29, 1.82) is 0 Å². The predicted molar refractivity (Wildman–Crippen MR) is 359 cm³/mol. The Hall–Kier alpha value is -6.80. The molecule has 2 saturated heterocycles. The number of thioether (sulfide) groups is 1. The largest absolute Gasteiger partial charge is 0.445 e. The summed E-state index contributed by atoms with van der Waals surface area (Å²) in [6, 6.07) is 10.5. The molecule has 2 fully saturated rings. The number of anilines is 1. The molecule has 24 nitrogen and oxygen atoms in total. The van der Waals surface area contributed by atoms with E-state index in [2.05, 4.69) is 16.0 Å². The fourth-order valence-corrected chi connectivity index (χ4v) is 13.7. The number of amides is 9. The number of aliphatic hydroxyl groups excluding tert-OH is 1. The summed E-state index contributed by atoms with van der Waals surface area (Å²) in [5, 5.41) is 18.4. The van der Waals surface area contributed by atoms with E-state index in [9.17, 15) is 57.8 Å². The summed E-state index contributed by atoms with van der Waals surface area (Å²) in [7, 11) is 6.21. The Morgan fingerprint density at radius 2 is 1.43 bits per heavy atom. The third kappa shape index (κ3) is 21.6. The number of carbonyl (C=O) groups is 11. The van der Waals surface area contributed by atoms with Gasteiger partial charge in [-0.2, -0.15) is 11.8 Å². The van der Waals surface area contributed by atoms with Crippen LogP contribution in [0.2, 0.25) is 0 Å². The molecule has 14 atom stereocenters. The monoisotopic (exact) mass is 1330 g/mol. The minimum absolute atomic E-state index is 0.0601. The number of urea groups is 1. The molecule has 4 rings (SSSR count). The highest BCUT2D eigenvalue weighted by molar-refractivity contribution is 8.00. The summed E-state index contributed by atoms with van der Waals surface area (Å²) in [6.45, 7) is 18.4. The quantitative estimate of drug-likeness (QED) is 0.0300. The van der Waals surface area contributed by atoms with Crippen molar-refractivity contribution in [2.24, 2.45) is 58.8 Å². The number of ketones is 3. The van der Waals surface area contributed by atoms with Gasteiger partial charge in [0.25, 0.3) is 0 Å². The third-order valence-electron chi connectivity index (χ3n) is 18.8. The van der Waals surface area contributed by atoms with Gasteiger partial charge in [0, 0.05) is 97.1 Å². The summed E-state index contributed by atoms with van der Waals surface area (Å²) >= 11 is 1.19. The zero-order valence-electron chi connectivity index (χ0n) is 57.9. The lowest BCUT2D eigenvalue weighted by atomic mass is 9.83. The number of likely N-dealkylation sites (tertiary alicyclic amines) is 2. The Labute approximate surface area is 560 Å². The van der Waals surface area contributed by atoms with Gasteiger partial charge in [-0.1, -0.05) is 118 Å². The highest BCUT2D eigenvalue weighted by Crippen LogP contribution is 2.34. The maximum Gasteiger partial charge on any atom is 0.410 e. The number of imide groups is 1. The van der Waals surface area contributed by atoms with Crippen molar-refractivity contribution >= 4 is 82.4 Å². The molecule has 0 aliphatic carbocycles. The van der Waals surface area contributed by atoms with Crippen molar-refractivity contribution in [3.63, 3.8) is 0 Å². The molecule has 2 aliphatic rings. The second-order valence-corrected chi connectivity index (χ2v) is 27.5. The van der Waals surface area contributed by atoms with Crippen LogP contribution in [0.4, 0.5) is 15.3 Å². The van der Waals surface area contributed by atoms with E-state index in [1.807, 2.05) is 71.9 Å². The minimum Gasteiger partial charge on any atom is -0.445 e. The first-order chi connectivity index (χ1) is 44.4. The van der Waals surface area contributed by atoms with Gasteiger partial charge in [-0.3, -0.25) is 48.1 Å². The molecule has 9 amide bonds. The summed E-state index contributed by atoms with van der Waals surface area (Å²) in [5.74, 6) is -7.82. The topological polar surface area (TPSA) is 337 Å². The average Bonchev–Trinajstić information content (AvgIpc) is 1.55. The van der Waals surface area contributed by atoms with Crippen LogP contribution in [0.5, 0.6) is 0 Å². The normalized spacial score (nSPS) is 18.9. The van der Waals surface area contributed by atoms with E-state index in [-0.39, 0.29) is 106 Å². The summed E-state index contributed by atoms with van der Waals surface area (Å²) in [5.41, 5.74) is 12.8. The van der Waals surface area contributed by atoms with Crippen molar-refractivity contribution in [3.05, 3.63) is 65.7 Å². The second kappa shape index (κ2) is 38.1. The second-order valence-electron chi connectivity index (χ2n) is 26.5. The molecule has 0 spiro atoms. The number of methoxy groups -OCH3 is 2. The van der Waals surface area contributed by atoms with E-state index in [0.29, 0.717) is 37.1 Å². The Kier molecular flexibility index (Phi) is 32.3. The van der Waals surface area contributed by atoms with Gasteiger partial charge in [0.2, 0.25) is 35.4 Å². The number of nitrogens with one attached hydrogen (secondary N) is 3. The molecule has 2 unspecified atom stereocenters. The van der Waals surface area contributed by atoms with Crippen LogP contribution in [-0.4, -0.2) is 191 Å². The summed E-state index contributed by atoms with van der Waals surface area (Å²) in [4.78, 5) is 156. The van der Waals surface area contributed by atoms with Gasteiger partial charge in [-0.15, -0.1) is 0 Å². The molecule has 0 radical (unpaired) electrons. The van der Waals surface area contributed by atoms with Crippen LogP contribution in [0.3, 0.4) is 0 Å². The number of nitrogens with zero attached hydrogens (tertiary/aromatic N) is 4. The van der Waals surface area contributed by atoms with Gasteiger partial charge in [-0.25, -0.2) is 9.59 Å². The lowest BCUT2D eigenvalue weighted by molar-refractivity contribution is -0.149. The highest BCUT2D eigenvalue weighted by atomic mass is 32.2. The lowest BCUT2D eigenvalue weighted by Crippen LogP contribution is -2.57. The molecule has 25 heteroatoms. The van der Waals surface area contributed by atoms with Crippen LogP contribution in [0, 0.1) is 47.3 Å². The zero-order valence-corrected chi connectivity index (χ0v) is 58.7. The number of carbonyl (C=O) groups excluding carboxylic acids is 11. The molecule has 8 N–H and O–H groups in total. The number of hydrogen-bond donors (Lipinski definition) is 6. The number of benzene rings is 2. The third-order valence-corrected chi connectivity index (χ3v) is 19.7. The molecule has 0 saturated carbocycles. The van der Waals surface area contributed by atoms with E-state index in [1.165, 1.54) is 30.8 Å². The lowest BCUT2D eigenvalue weighted by Gasteiger charge is -2.41. The molecule has 0 aromatic heterocycles. The Morgan fingerprint density at radius 1 is 0.777 bits per heavy atom. The van der Waals surface area contributed by atoms with Gasteiger partial charge >= 0.3 is 12.1 Å². The van der Waals surface area contributed by atoms with Gasteiger partial charge in [-0.05, 0) is 84.8 Å². The molecule has 2 aliphatic heterocycles. The number of rotatable bonds is 39. The highest BCUT2D eigenvalue weighted by Gasteiger charge is 2.47. The van der Waals surface area contributed by atoms with Crippen LogP contribution < -0.4 is 27.4 Å². The first kappa shape index (κ1) is 79.6. The van der Waals surface area contributed by atoms with E-state index < -0.39 is 125 Å². The van der Waals surface area contributed by atoms with Crippen molar-refractivity contribution < 1.29 is 72.1 Å². The number of hydrogen-bond acceptors (Lipinski definition) is 17. The fraction of sp³-hybridized carbons (Fsp3) is 0.667. The van der Waals surface area contributed by atoms with E-state index in [1.54, 1.807) is 82.2 Å². The van der Waals surface area contributed by atoms with Crippen molar-refractivity contribution in [3.8, 4) is 0 Å². The molecule has 94 heavy (non-hydrogen) atoms. The zero-order chi connectivity index (χ0) is 70.4. The van der Waals surface area contributed by atoms with Gasteiger partial charge in [0.1, 0.15) is 18.4 Å². The first-order valence-electron chi connectivity index (χ1n) is 33.0. The smallest absolute Gasteiger partial charge is 0.410 e. The SMILES string of the molecule is CC[C@H](C)[C@@H]([C@@H](CC(=O)N1CCC[C@H]1[C@H](OC)[C@@H](C)C(=O)C[C@H](C)[C@@H](O)c1ccccc1)OC)N(C)C(=O)[C@@H](CC(=O)C(C(C)C)N(C)C(=O)OCc1ccc(NC(=O)[C@H](CCCNC(N)=O)CC(=O)[C@@H](NC(=O)[C@H](CN)N2C(=O)CC(SC)C2=O)C(C)C)cc1)C(C)C. The average molecular weight is 1330 g/mol. The number of primary amides is 1. The number of likely N-dealkylation sites (N-methyl/N-ethyl adjacent to an activating group) is 2. The number of Topliss-reactive ketones (excluding diaryl/α,β-unsaturated/α-hetero) is 3. The van der Waals surface area contributed by atoms with Gasteiger partial charge < -0.3 is 61.4 Å². The molecule has 2 aromatic rings. The molecular weight excluding hydrogens is 1230 g/mol. The Morgan fingerprint density at radius 3 is 1.97 bits per heavy atom. The van der Waals surface area contributed by atoms with E-state index in [4.69, 9.17) is 25.7 Å². The number of ether oxygens (including phenoxy) is 3. The number of aliphatic hydroxyl groups is 1. The fourth-order valence-electron chi connectivity index (χ4n) is 13.1. The minimum atomic E-state index is -1.34. The van der Waals surface area contributed by atoms with Crippen molar-refractivity contribution in [2.75, 3.05) is 59.5 Å². The van der Waals surface area contributed by atoms with Crippen LogP contribution >= 0.6 is 11.8 Å². The molecule has 0 bridgehead atoms. The maximum absolute atomic E-state index is 14.9. The van der Waals surface area contributed by atoms with Crippen molar-refractivity contribution in [2.45, 2.75) is 194 Å². The van der Waals surface area contributed by atoms with Crippen LogP contribution in [0.25, 0.3) is 0 Å². The van der Waals surface area contributed by atoms with E-state index >= 15 is 0 Å². The molecule has 2 heterocycles. The Balaban J connectivity index is 1.41. The first-order valence-corrected chi connectivity index (χ1v) is 34.3. The Bertz CT molecular complexity index is 2880. The number of nitrogens with two attached hydrogens (primary N) is 2. The van der Waals surface area contributed by atoms with Crippen LogP contribution in [-0.2, 0) is 64.0 Å². The summed E-state index contributed by atoms with van der Waals surface area (Å²) in [6.07, 6.45) is 0.557. The standard InChI is InChI=1S/C69H107N9O15S/c1-16-42(8)61(55(91-13)35-57(82)77-31-21-25-50(77)63(92-14)44(10)52(79)32-43(9)62(84)46-22-18-17-19-23-46)75(11)66(87)49(39(2)3)34-54(81)60(41(6)7)76(12)69(90)93-38-45-26-28-48(29-27-45)73-64(85)47(24-20-30-72-68(71)89)33-53(80)59(40(4)5)74-65(86)51(37-70)78-58(83)36-56(94-15)67(78)88/h17-19,22-23,26-29,39-44,47,49-51,55-56,59-63,84H,16,20-21,24-25,30-38,70H2,1-15H3,(H,73,85)(H,74,86)(H3,71,72,89)/t42-,43-,44-,47+,49-,50-,51-,55+,56?,59-,60?,61-,62+,63+/m0/s1. The van der Waals surface area contributed by atoms with Crippen molar-refractivity contribution in [1.82, 2.24) is 30.2 Å². The summed E-state index contributed by atoms with van der Waals surface area (Å²) < 4.78 is 17.9. The maximum atomic E-state index is 14.9.